The number of nitrogens with one attached hydrogen (secondary N) is 1. The maximum absolute atomic E-state index is 6.36. The lowest BCUT2D eigenvalue weighted by Gasteiger charge is -2.27. The van der Waals surface area contributed by atoms with Crippen LogP contribution >= 0.6 is 0 Å². The lowest BCUT2D eigenvalue weighted by Crippen LogP contribution is -2.36. The number of ether oxygens (including phenoxy) is 2. The average molecular weight is 319 g/mol. The first-order chi connectivity index (χ1) is 11.3. The summed E-state index contributed by atoms with van der Waals surface area (Å²) in [6.07, 6.45) is 13.9. The second-order valence-electron chi connectivity index (χ2n) is 7.50. The molecule has 2 atom stereocenters. The Morgan fingerprint density at radius 2 is 2.09 bits per heavy atom. The number of nitrogens with zero attached hydrogens (tertiary/aromatic N) is 2. The molecule has 0 bridgehead atoms. The van der Waals surface area contributed by atoms with Crippen LogP contribution in [-0.4, -0.2) is 34.6 Å². The Hall–Kier alpha value is -0.910. The summed E-state index contributed by atoms with van der Waals surface area (Å²) in [5, 5.41) is 3.72. The molecule has 23 heavy (non-hydrogen) atoms. The zero-order valence-electron chi connectivity index (χ0n) is 14.2. The molecule has 0 amide bonds. The third kappa shape index (κ3) is 3.47. The van der Waals surface area contributed by atoms with Crippen molar-refractivity contribution in [2.45, 2.75) is 69.3 Å². The first kappa shape index (κ1) is 15.6. The van der Waals surface area contributed by atoms with E-state index in [1.165, 1.54) is 38.5 Å². The summed E-state index contributed by atoms with van der Waals surface area (Å²) < 4.78 is 14.6. The Morgan fingerprint density at radius 1 is 1.30 bits per heavy atom. The van der Waals surface area contributed by atoms with Gasteiger partial charge in [-0.3, -0.25) is 0 Å². The maximum atomic E-state index is 6.36. The van der Waals surface area contributed by atoms with Gasteiger partial charge in [0, 0.05) is 38.8 Å². The zero-order chi connectivity index (χ0) is 15.7. The zero-order valence-corrected chi connectivity index (χ0v) is 14.2. The Morgan fingerprint density at radius 3 is 2.74 bits per heavy atom. The number of aromatic nitrogens is 2. The van der Waals surface area contributed by atoms with Crippen LogP contribution in [0.2, 0.25) is 0 Å². The quantitative estimate of drug-likeness (QED) is 0.906. The fraction of sp³-hybridized carbons (Fsp3) is 0.833. The summed E-state index contributed by atoms with van der Waals surface area (Å²) in [4.78, 5) is 4.55. The summed E-state index contributed by atoms with van der Waals surface area (Å²) in [7, 11) is 2.08. The van der Waals surface area contributed by atoms with E-state index in [9.17, 15) is 0 Å². The Bertz CT molecular complexity index is 518. The predicted octanol–water partition coefficient (Wildman–Crippen LogP) is 2.93. The highest BCUT2D eigenvalue weighted by molar-refractivity contribution is 5.05. The third-order valence-corrected chi connectivity index (χ3v) is 5.57. The summed E-state index contributed by atoms with van der Waals surface area (Å²) in [6, 6.07) is 0.351. The molecule has 128 valence electrons. The maximum Gasteiger partial charge on any atom is 0.168 e. The number of hydrogen-bond donors (Lipinski definition) is 1. The van der Waals surface area contributed by atoms with Crippen LogP contribution in [0.5, 0.6) is 0 Å². The summed E-state index contributed by atoms with van der Waals surface area (Å²) in [6.45, 7) is 1.58. The van der Waals surface area contributed by atoms with Gasteiger partial charge in [0.1, 0.15) is 5.82 Å². The lowest BCUT2D eigenvalue weighted by atomic mass is 10.1. The minimum Gasteiger partial charge on any atom is -0.347 e. The Labute approximate surface area is 138 Å². The van der Waals surface area contributed by atoms with Gasteiger partial charge in [0.25, 0.3) is 0 Å². The minimum atomic E-state index is -0.277. The molecule has 0 aromatic carbocycles. The van der Waals surface area contributed by atoms with Gasteiger partial charge >= 0.3 is 0 Å². The van der Waals surface area contributed by atoms with Crippen LogP contribution in [0.25, 0.3) is 0 Å². The van der Waals surface area contributed by atoms with Crippen molar-refractivity contribution in [2.75, 3.05) is 13.2 Å². The fourth-order valence-corrected chi connectivity index (χ4v) is 4.08. The van der Waals surface area contributed by atoms with Crippen LogP contribution in [0.4, 0.5) is 0 Å². The van der Waals surface area contributed by atoms with Crippen LogP contribution < -0.4 is 5.32 Å². The van der Waals surface area contributed by atoms with Gasteiger partial charge < -0.3 is 19.4 Å². The number of hydrogen-bond acceptors (Lipinski definition) is 4. The molecule has 3 fully saturated rings. The molecule has 2 aliphatic carbocycles. The van der Waals surface area contributed by atoms with Gasteiger partial charge in [-0.25, -0.2) is 4.98 Å². The van der Waals surface area contributed by atoms with Gasteiger partial charge in [0.05, 0.1) is 18.8 Å². The van der Waals surface area contributed by atoms with Crippen molar-refractivity contribution < 1.29 is 9.47 Å². The van der Waals surface area contributed by atoms with Crippen LogP contribution in [0, 0.1) is 5.92 Å². The van der Waals surface area contributed by atoms with E-state index < -0.39 is 0 Å². The first-order valence-electron chi connectivity index (χ1n) is 9.28. The molecule has 1 spiro atoms. The van der Waals surface area contributed by atoms with Crippen LogP contribution in [-0.2, 0) is 16.5 Å². The predicted molar refractivity (Wildman–Crippen MR) is 87.9 cm³/mol. The molecule has 2 unspecified atom stereocenters. The highest BCUT2D eigenvalue weighted by Crippen LogP contribution is 2.41. The van der Waals surface area contributed by atoms with E-state index in [0.29, 0.717) is 6.04 Å². The van der Waals surface area contributed by atoms with E-state index in [0.717, 1.165) is 37.7 Å². The largest absolute Gasteiger partial charge is 0.347 e. The van der Waals surface area contributed by atoms with E-state index in [-0.39, 0.29) is 11.9 Å². The normalized spacial score (nSPS) is 28.8. The third-order valence-electron chi connectivity index (χ3n) is 5.57. The second-order valence-corrected chi connectivity index (χ2v) is 7.50. The van der Waals surface area contributed by atoms with Gasteiger partial charge in [-0.1, -0.05) is 12.8 Å². The lowest BCUT2D eigenvalue weighted by molar-refractivity contribution is -0.175. The van der Waals surface area contributed by atoms with Crippen molar-refractivity contribution in [2.24, 2.45) is 13.0 Å². The SMILES string of the molecule is Cn1ccnc1C(NCC1COC2(CCCCCC2)O1)C1CC1. The topological polar surface area (TPSA) is 48.3 Å². The Kier molecular flexibility index (Phi) is 4.43. The standard InChI is InChI=1S/C18H29N3O2/c1-21-11-10-19-17(21)16(14-6-7-14)20-12-15-13-22-18(23-15)8-4-2-3-5-9-18/h10-11,14-16,20H,2-9,12-13H2,1H3. The molecule has 0 radical (unpaired) electrons. The molecule has 1 aliphatic heterocycles. The molecule has 2 heterocycles. The van der Waals surface area contributed by atoms with Crippen molar-refractivity contribution >= 4 is 0 Å². The summed E-state index contributed by atoms with van der Waals surface area (Å²) >= 11 is 0. The first-order valence-corrected chi connectivity index (χ1v) is 9.28. The molecule has 5 nitrogen and oxygen atoms in total. The smallest absolute Gasteiger partial charge is 0.168 e. The van der Waals surface area contributed by atoms with Crippen molar-refractivity contribution in [1.82, 2.24) is 14.9 Å². The second kappa shape index (κ2) is 6.54. The van der Waals surface area contributed by atoms with Gasteiger partial charge in [-0.2, -0.15) is 0 Å². The van der Waals surface area contributed by atoms with E-state index in [1.54, 1.807) is 0 Å². The highest BCUT2D eigenvalue weighted by Gasteiger charge is 2.42. The molecule has 3 aliphatic rings. The summed E-state index contributed by atoms with van der Waals surface area (Å²) in [5.41, 5.74) is 0. The molecule has 4 rings (SSSR count). The van der Waals surface area contributed by atoms with Crippen LogP contribution in [0.15, 0.2) is 12.4 Å². The van der Waals surface area contributed by atoms with E-state index in [2.05, 4.69) is 21.9 Å². The van der Waals surface area contributed by atoms with Gasteiger partial charge in [0.15, 0.2) is 5.79 Å². The van der Waals surface area contributed by atoms with Gasteiger partial charge in [-0.05, 0) is 31.6 Å². The molecular weight excluding hydrogens is 290 g/mol. The number of aryl methyl sites for hydroxylation is 1. The minimum absolute atomic E-state index is 0.176. The molecule has 5 heteroatoms. The molecule has 1 saturated heterocycles. The average Bonchev–Trinajstić information content (AvgIpc) is 3.23. The van der Waals surface area contributed by atoms with Crippen LogP contribution in [0.3, 0.4) is 0 Å². The van der Waals surface area contributed by atoms with Gasteiger partial charge in [-0.15, -0.1) is 0 Å². The summed E-state index contributed by atoms with van der Waals surface area (Å²) in [5.74, 6) is 1.60. The van der Waals surface area contributed by atoms with E-state index in [4.69, 9.17) is 9.47 Å². The van der Waals surface area contributed by atoms with Crippen molar-refractivity contribution in [1.29, 1.82) is 0 Å². The van der Waals surface area contributed by atoms with Crippen molar-refractivity contribution in [3.8, 4) is 0 Å². The van der Waals surface area contributed by atoms with Gasteiger partial charge in [0.2, 0.25) is 0 Å². The monoisotopic (exact) mass is 319 g/mol. The highest BCUT2D eigenvalue weighted by atomic mass is 16.7. The number of rotatable bonds is 5. The van der Waals surface area contributed by atoms with E-state index in [1.807, 2.05) is 12.4 Å². The molecular formula is C18H29N3O2. The fourth-order valence-electron chi connectivity index (χ4n) is 4.08. The Balaban J connectivity index is 1.34. The number of imidazole rings is 1. The van der Waals surface area contributed by atoms with Crippen LogP contribution in [0.1, 0.15) is 63.2 Å². The molecule has 1 aromatic rings. The molecule has 2 saturated carbocycles. The molecule has 1 N–H and O–H groups in total. The van der Waals surface area contributed by atoms with E-state index >= 15 is 0 Å². The molecule has 1 aromatic heterocycles. The van der Waals surface area contributed by atoms with Crippen molar-refractivity contribution in [3.63, 3.8) is 0 Å². The van der Waals surface area contributed by atoms with Crippen molar-refractivity contribution in [3.05, 3.63) is 18.2 Å².